The van der Waals surface area contributed by atoms with Gasteiger partial charge in [0.1, 0.15) is 5.75 Å². The lowest BCUT2D eigenvalue weighted by Gasteiger charge is -2.20. The van der Waals surface area contributed by atoms with Crippen LogP contribution in [0.1, 0.15) is 36.0 Å². The minimum absolute atomic E-state index is 0.0576. The van der Waals surface area contributed by atoms with E-state index in [2.05, 4.69) is 0 Å². The third-order valence-electron chi connectivity index (χ3n) is 4.30. The molecule has 90 valence electrons. The number of fused-ring (bicyclic) bond motifs is 2. The number of Topliss-reactive ketones (excluding diaryl/α,β-unsaturated/α-hetero) is 1. The van der Waals surface area contributed by atoms with Gasteiger partial charge in [0, 0.05) is 10.9 Å². The Morgan fingerprint density at radius 2 is 2.12 bits per heavy atom. The Morgan fingerprint density at radius 3 is 2.76 bits per heavy atom. The predicted octanol–water partition coefficient (Wildman–Crippen LogP) is 3.66. The first-order chi connectivity index (χ1) is 8.15. The van der Waals surface area contributed by atoms with Crippen molar-refractivity contribution in [2.45, 2.75) is 25.7 Å². The Kier molecular flexibility index (Phi) is 2.62. The summed E-state index contributed by atoms with van der Waals surface area (Å²) in [5.74, 6) is 1.51. The van der Waals surface area contributed by atoms with Crippen LogP contribution in [-0.2, 0) is 0 Å². The molecule has 0 aromatic heterocycles. The molecular weight excluding hydrogens is 236 g/mol. The lowest BCUT2D eigenvalue weighted by Crippen LogP contribution is -2.21. The van der Waals surface area contributed by atoms with Crippen LogP contribution in [-0.4, -0.2) is 10.9 Å². The first-order valence-electron chi connectivity index (χ1n) is 6.18. The van der Waals surface area contributed by atoms with Crippen molar-refractivity contribution in [3.05, 3.63) is 28.8 Å². The van der Waals surface area contributed by atoms with Crippen molar-refractivity contribution < 1.29 is 9.90 Å². The smallest absolute Gasteiger partial charge is 0.169 e. The molecule has 0 heterocycles. The molecule has 2 aliphatic rings. The zero-order chi connectivity index (χ0) is 12.0. The van der Waals surface area contributed by atoms with E-state index in [1.807, 2.05) is 0 Å². The first kappa shape index (κ1) is 11.1. The standard InChI is InChI=1S/C14H15ClO2/c15-10-3-4-13(16)12(7-10)14(17)11-6-8-1-2-9(11)5-8/h3-4,7-9,11,16H,1-2,5-6H2/t8-,9+,11?/m1/s1. The molecule has 1 unspecified atom stereocenters. The highest BCUT2D eigenvalue weighted by Crippen LogP contribution is 2.49. The van der Waals surface area contributed by atoms with Crippen molar-refractivity contribution in [2.24, 2.45) is 17.8 Å². The minimum Gasteiger partial charge on any atom is -0.507 e. The van der Waals surface area contributed by atoms with Crippen LogP contribution in [0.3, 0.4) is 0 Å². The molecule has 2 saturated carbocycles. The van der Waals surface area contributed by atoms with Gasteiger partial charge in [0.05, 0.1) is 5.56 Å². The zero-order valence-corrected chi connectivity index (χ0v) is 10.3. The van der Waals surface area contributed by atoms with Gasteiger partial charge in [-0.3, -0.25) is 4.79 Å². The van der Waals surface area contributed by atoms with E-state index in [1.165, 1.54) is 25.3 Å². The summed E-state index contributed by atoms with van der Waals surface area (Å²) in [6.45, 7) is 0. The van der Waals surface area contributed by atoms with E-state index >= 15 is 0 Å². The van der Waals surface area contributed by atoms with E-state index in [0.717, 1.165) is 12.3 Å². The van der Waals surface area contributed by atoms with Crippen LogP contribution in [0.4, 0.5) is 0 Å². The molecule has 0 spiro atoms. The van der Waals surface area contributed by atoms with E-state index in [-0.39, 0.29) is 17.5 Å². The number of phenolic OH excluding ortho intramolecular Hbond substituents is 1. The van der Waals surface area contributed by atoms with Crippen molar-refractivity contribution in [1.29, 1.82) is 0 Å². The third kappa shape index (κ3) is 1.85. The Labute approximate surface area is 106 Å². The van der Waals surface area contributed by atoms with Gasteiger partial charge in [0.15, 0.2) is 5.78 Å². The molecule has 3 rings (SSSR count). The molecule has 0 aliphatic heterocycles. The molecule has 1 aromatic rings. The lowest BCUT2D eigenvalue weighted by atomic mass is 9.83. The molecule has 3 heteroatoms. The van der Waals surface area contributed by atoms with Crippen LogP contribution >= 0.6 is 11.6 Å². The fraction of sp³-hybridized carbons (Fsp3) is 0.500. The number of carbonyl (C=O) groups is 1. The highest BCUT2D eigenvalue weighted by Gasteiger charge is 2.43. The fourth-order valence-electron chi connectivity index (χ4n) is 3.47. The normalized spacial score (nSPS) is 30.8. The average Bonchev–Trinajstić information content (AvgIpc) is 2.93. The second-order valence-corrected chi connectivity index (χ2v) is 5.74. The maximum Gasteiger partial charge on any atom is 0.169 e. The maximum atomic E-state index is 12.4. The summed E-state index contributed by atoms with van der Waals surface area (Å²) in [7, 11) is 0. The van der Waals surface area contributed by atoms with Gasteiger partial charge in [-0.15, -0.1) is 0 Å². The van der Waals surface area contributed by atoms with Gasteiger partial charge in [0.25, 0.3) is 0 Å². The van der Waals surface area contributed by atoms with Crippen molar-refractivity contribution in [2.75, 3.05) is 0 Å². The van der Waals surface area contributed by atoms with Gasteiger partial charge in [-0.05, 0) is 49.3 Å². The number of hydrogen-bond acceptors (Lipinski definition) is 2. The number of phenols is 1. The van der Waals surface area contributed by atoms with Gasteiger partial charge in [-0.25, -0.2) is 0 Å². The first-order valence-corrected chi connectivity index (χ1v) is 6.55. The number of ketones is 1. The average molecular weight is 251 g/mol. The number of rotatable bonds is 2. The monoisotopic (exact) mass is 250 g/mol. The summed E-state index contributed by atoms with van der Waals surface area (Å²) < 4.78 is 0. The van der Waals surface area contributed by atoms with Crippen LogP contribution < -0.4 is 0 Å². The molecule has 17 heavy (non-hydrogen) atoms. The number of aromatic hydroxyl groups is 1. The highest BCUT2D eigenvalue weighted by atomic mass is 35.5. The summed E-state index contributed by atoms with van der Waals surface area (Å²) in [4.78, 5) is 12.4. The quantitative estimate of drug-likeness (QED) is 0.814. The van der Waals surface area contributed by atoms with Gasteiger partial charge >= 0.3 is 0 Å². The zero-order valence-electron chi connectivity index (χ0n) is 9.53. The maximum absolute atomic E-state index is 12.4. The van der Waals surface area contributed by atoms with Crippen molar-refractivity contribution in [3.8, 4) is 5.75 Å². The van der Waals surface area contributed by atoms with E-state index in [1.54, 1.807) is 12.1 Å². The Bertz CT molecular complexity index is 469. The van der Waals surface area contributed by atoms with Gasteiger partial charge in [0.2, 0.25) is 0 Å². The second kappa shape index (κ2) is 4.02. The molecule has 0 radical (unpaired) electrons. The number of carbonyl (C=O) groups excluding carboxylic acids is 1. The summed E-state index contributed by atoms with van der Waals surface area (Å²) in [6.07, 6.45) is 4.63. The fourth-order valence-corrected chi connectivity index (χ4v) is 3.64. The summed E-state index contributed by atoms with van der Waals surface area (Å²) in [5.41, 5.74) is 0.398. The topological polar surface area (TPSA) is 37.3 Å². The Hall–Kier alpha value is -1.02. The molecular formula is C14H15ClO2. The molecule has 0 amide bonds. The van der Waals surface area contributed by atoms with Gasteiger partial charge in [-0.1, -0.05) is 18.0 Å². The van der Waals surface area contributed by atoms with E-state index in [9.17, 15) is 9.90 Å². The summed E-state index contributed by atoms with van der Waals surface area (Å²) >= 11 is 5.88. The number of hydrogen-bond donors (Lipinski definition) is 1. The molecule has 2 fully saturated rings. The molecule has 3 atom stereocenters. The van der Waals surface area contributed by atoms with E-state index < -0.39 is 0 Å². The van der Waals surface area contributed by atoms with Crippen LogP contribution in [0.5, 0.6) is 5.75 Å². The second-order valence-electron chi connectivity index (χ2n) is 5.31. The SMILES string of the molecule is O=C(c1cc(Cl)ccc1O)C1C[C@@H]2CC[C@H]1C2. The Balaban J connectivity index is 1.89. The summed E-state index contributed by atoms with van der Waals surface area (Å²) in [6, 6.07) is 4.70. The molecule has 1 aromatic carbocycles. The van der Waals surface area contributed by atoms with Crippen LogP contribution in [0.15, 0.2) is 18.2 Å². The molecule has 2 bridgehead atoms. The van der Waals surface area contributed by atoms with Crippen LogP contribution in [0.25, 0.3) is 0 Å². The van der Waals surface area contributed by atoms with E-state index in [0.29, 0.717) is 16.5 Å². The largest absolute Gasteiger partial charge is 0.507 e. The molecule has 1 N–H and O–H groups in total. The Morgan fingerprint density at radius 1 is 1.29 bits per heavy atom. The summed E-state index contributed by atoms with van der Waals surface area (Å²) in [5, 5.41) is 10.3. The van der Waals surface area contributed by atoms with E-state index in [4.69, 9.17) is 11.6 Å². The number of halogens is 1. The molecule has 2 aliphatic carbocycles. The van der Waals surface area contributed by atoms with Crippen molar-refractivity contribution in [3.63, 3.8) is 0 Å². The van der Waals surface area contributed by atoms with Gasteiger partial charge in [-0.2, -0.15) is 0 Å². The third-order valence-corrected chi connectivity index (χ3v) is 4.53. The molecule has 0 saturated heterocycles. The minimum atomic E-state index is 0.0576. The number of benzene rings is 1. The van der Waals surface area contributed by atoms with Gasteiger partial charge < -0.3 is 5.11 Å². The lowest BCUT2D eigenvalue weighted by molar-refractivity contribution is 0.0872. The molecule has 2 nitrogen and oxygen atoms in total. The van der Waals surface area contributed by atoms with Crippen molar-refractivity contribution >= 4 is 17.4 Å². The highest BCUT2D eigenvalue weighted by molar-refractivity contribution is 6.31. The predicted molar refractivity (Wildman–Crippen MR) is 66.4 cm³/mol. The van der Waals surface area contributed by atoms with Crippen LogP contribution in [0, 0.1) is 17.8 Å². The van der Waals surface area contributed by atoms with Crippen molar-refractivity contribution in [1.82, 2.24) is 0 Å². The van der Waals surface area contributed by atoms with Crippen LogP contribution in [0.2, 0.25) is 5.02 Å².